The number of rotatable bonds is 8. The van der Waals surface area contributed by atoms with E-state index in [1.165, 1.54) is 12.3 Å². The Balaban J connectivity index is 3.14. The van der Waals surface area contributed by atoms with Crippen LogP contribution in [-0.2, 0) is 21.3 Å². The number of likely N-dealkylation sites (N-methyl/N-ethyl adjacent to an activating group) is 1. The third-order valence-electron chi connectivity index (χ3n) is 3.12. The molecule has 120 valence electrons. The van der Waals surface area contributed by atoms with Crippen molar-refractivity contribution < 1.29 is 17.9 Å². The normalized spacial score (nSPS) is 11.6. The van der Waals surface area contributed by atoms with Crippen LogP contribution in [0.3, 0.4) is 0 Å². The molecule has 1 amide bonds. The molecule has 0 radical (unpaired) electrons. The van der Waals surface area contributed by atoms with Crippen LogP contribution >= 0.6 is 0 Å². The largest absolute Gasteiger partial charge is 0.383 e. The maximum Gasteiger partial charge on any atom is 0.270 e. The van der Waals surface area contributed by atoms with Crippen LogP contribution in [0.15, 0.2) is 17.2 Å². The van der Waals surface area contributed by atoms with Gasteiger partial charge >= 0.3 is 0 Å². The molecule has 8 heteroatoms. The Morgan fingerprint density at radius 3 is 2.57 bits per heavy atom. The Bertz CT molecular complexity index is 580. The molecule has 7 nitrogen and oxygen atoms in total. The second kappa shape index (κ2) is 7.58. The number of carbonyl (C=O) groups is 1. The average Bonchev–Trinajstić information content (AvgIpc) is 2.84. The predicted octanol–water partition coefficient (Wildman–Crippen LogP) is 0.654. The van der Waals surface area contributed by atoms with Gasteiger partial charge in [0.15, 0.2) is 0 Å². The van der Waals surface area contributed by atoms with Gasteiger partial charge in [0.25, 0.3) is 5.91 Å². The van der Waals surface area contributed by atoms with Gasteiger partial charge in [-0.1, -0.05) is 6.92 Å². The average molecular weight is 317 g/mol. The molecular formula is C13H23N3O4S. The maximum atomic E-state index is 12.5. The summed E-state index contributed by atoms with van der Waals surface area (Å²) in [6.07, 6.45) is 2.19. The Morgan fingerprint density at radius 2 is 2.10 bits per heavy atom. The fourth-order valence-corrected chi connectivity index (χ4v) is 2.56. The quantitative estimate of drug-likeness (QED) is 0.762. The molecule has 1 aromatic rings. The highest BCUT2D eigenvalue weighted by atomic mass is 32.2. The van der Waals surface area contributed by atoms with Gasteiger partial charge in [-0.25, -0.2) is 13.6 Å². The highest BCUT2D eigenvalue weighted by Gasteiger charge is 2.22. The minimum Gasteiger partial charge on any atom is -0.383 e. The second-order valence-corrected chi connectivity index (χ2v) is 6.24. The molecule has 0 aromatic carbocycles. The van der Waals surface area contributed by atoms with Crippen molar-refractivity contribution in [1.29, 1.82) is 0 Å². The standard InChI is InChI=1S/C13H23N3O4S/c1-4-6-16-10-11(21(14,18)19)9-12(16)13(17)15(5-2)7-8-20-3/h9-10H,4-8H2,1-3H3,(H2,14,18,19). The van der Waals surface area contributed by atoms with Crippen molar-refractivity contribution in [3.05, 3.63) is 18.0 Å². The van der Waals surface area contributed by atoms with E-state index >= 15 is 0 Å². The van der Waals surface area contributed by atoms with Crippen molar-refractivity contribution in [3.8, 4) is 0 Å². The van der Waals surface area contributed by atoms with E-state index in [0.717, 1.165) is 6.42 Å². The van der Waals surface area contributed by atoms with Crippen LogP contribution in [-0.4, -0.2) is 50.6 Å². The predicted molar refractivity (Wildman–Crippen MR) is 79.5 cm³/mol. The van der Waals surface area contributed by atoms with Crippen LogP contribution in [0.2, 0.25) is 0 Å². The summed E-state index contributed by atoms with van der Waals surface area (Å²) in [5.74, 6) is -0.224. The number of nitrogens with two attached hydrogens (primary N) is 1. The Kier molecular flexibility index (Phi) is 6.38. The first-order valence-electron chi connectivity index (χ1n) is 6.86. The fourth-order valence-electron chi connectivity index (χ4n) is 2.01. The molecule has 0 spiro atoms. The Morgan fingerprint density at radius 1 is 1.43 bits per heavy atom. The topological polar surface area (TPSA) is 94.6 Å². The fraction of sp³-hybridized carbons (Fsp3) is 0.615. The number of hydrogen-bond donors (Lipinski definition) is 1. The first kappa shape index (κ1) is 17.7. The van der Waals surface area contributed by atoms with Crippen molar-refractivity contribution in [2.45, 2.75) is 31.7 Å². The van der Waals surface area contributed by atoms with Gasteiger partial charge in [-0.3, -0.25) is 4.79 Å². The number of ether oxygens (including phenoxy) is 1. The minimum absolute atomic E-state index is 0.0397. The summed E-state index contributed by atoms with van der Waals surface area (Å²) in [6, 6.07) is 1.34. The van der Waals surface area contributed by atoms with E-state index in [1.807, 2.05) is 13.8 Å². The summed E-state index contributed by atoms with van der Waals surface area (Å²) in [5.41, 5.74) is 0.332. The summed E-state index contributed by atoms with van der Waals surface area (Å²) in [6.45, 7) is 5.77. The molecule has 0 aliphatic carbocycles. The van der Waals surface area contributed by atoms with Gasteiger partial charge < -0.3 is 14.2 Å². The molecular weight excluding hydrogens is 294 g/mol. The number of amides is 1. The number of aromatic nitrogens is 1. The monoisotopic (exact) mass is 317 g/mol. The summed E-state index contributed by atoms with van der Waals surface area (Å²) in [4.78, 5) is 14.1. The number of hydrogen-bond acceptors (Lipinski definition) is 4. The van der Waals surface area contributed by atoms with Gasteiger partial charge in [-0.05, 0) is 19.4 Å². The Hall–Kier alpha value is -1.38. The summed E-state index contributed by atoms with van der Waals surface area (Å²) in [5, 5.41) is 5.14. The lowest BCUT2D eigenvalue weighted by molar-refractivity contribution is 0.0695. The molecule has 0 aliphatic rings. The molecule has 21 heavy (non-hydrogen) atoms. The third-order valence-corrected chi connectivity index (χ3v) is 4.00. The van der Waals surface area contributed by atoms with E-state index in [2.05, 4.69) is 0 Å². The van der Waals surface area contributed by atoms with Crippen LogP contribution in [0.1, 0.15) is 30.8 Å². The lowest BCUT2D eigenvalue weighted by Gasteiger charge is -2.21. The van der Waals surface area contributed by atoms with E-state index in [0.29, 0.717) is 31.9 Å². The molecule has 0 aliphatic heterocycles. The van der Waals surface area contributed by atoms with E-state index < -0.39 is 10.0 Å². The van der Waals surface area contributed by atoms with Gasteiger partial charge in [0.2, 0.25) is 10.0 Å². The van der Waals surface area contributed by atoms with Gasteiger partial charge in [0, 0.05) is 32.9 Å². The number of primary sulfonamides is 1. The molecule has 0 unspecified atom stereocenters. The molecule has 1 rings (SSSR count). The zero-order valence-electron chi connectivity index (χ0n) is 12.7. The first-order chi connectivity index (χ1) is 9.85. The smallest absolute Gasteiger partial charge is 0.270 e. The summed E-state index contributed by atoms with van der Waals surface area (Å²) in [7, 11) is -2.26. The van der Waals surface area contributed by atoms with E-state index in [1.54, 1.807) is 16.6 Å². The minimum atomic E-state index is -3.82. The summed E-state index contributed by atoms with van der Waals surface area (Å²) >= 11 is 0. The van der Waals surface area contributed by atoms with Crippen LogP contribution in [0.25, 0.3) is 0 Å². The summed E-state index contributed by atoms with van der Waals surface area (Å²) < 4.78 is 29.5. The maximum absolute atomic E-state index is 12.5. The lowest BCUT2D eigenvalue weighted by atomic mass is 10.3. The lowest BCUT2D eigenvalue weighted by Crippen LogP contribution is -2.35. The first-order valence-corrected chi connectivity index (χ1v) is 8.40. The molecule has 0 saturated carbocycles. The molecule has 0 saturated heterocycles. The van der Waals surface area contributed by atoms with Crippen molar-refractivity contribution >= 4 is 15.9 Å². The zero-order valence-corrected chi connectivity index (χ0v) is 13.5. The molecule has 0 atom stereocenters. The number of sulfonamides is 1. The molecule has 0 bridgehead atoms. The van der Waals surface area contributed by atoms with Crippen molar-refractivity contribution in [3.63, 3.8) is 0 Å². The number of nitrogens with zero attached hydrogens (tertiary/aromatic N) is 2. The highest BCUT2D eigenvalue weighted by molar-refractivity contribution is 7.89. The SMILES string of the molecule is CCCn1cc(S(N)(=O)=O)cc1C(=O)N(CC)CCOC. The number of carbonyl (C=O) groups excluding carboxylic acids is 1. The van der Waals surface area contributed by atoms with Gasteiger partial charge in [0.1, 0.15) is 10.6 Å². The van der Waals surface area contributed by atoms with Crippen molar-refractivity contribution in [2.75, 3.05) is 26.8 Å². The van der Waals surface area contributed by atoms with Gasteiger partial charge in [-0.2, -0.15) is 0 Å². The van der Waals surface area contributed by atoms with Crippen LogP contribution < -0.4 is 5.14 Å². The number of aryl methyl sites for hydroxylation is 1. The molecule has 0 fully saturated rings. The van der Waals surface area contributed by atoms with E-state index in [4.69, 9.17) is 9.88 Å². The van der Waals surface area contributed by atoms with Crippen LogP contribution in [0.5, 0.6) is 0 Å². The molecule has 1 aromatic heterocycles. The van der Waals surface area contributed by atoms with Crippen molar-refractivity contribution in [2.24, 2.45) is 5.14 Å². The second-order valence-electron chi connectivity index (χ2n) is 4.68. The van der Waals surface area contributed by atoms with Crippen LogP contribution in [0.4, 0.5) is 0 Å². The van der Waals surface area contributed by atoms with Crippen LogP contribution in [0, 0.1) is 0 Å². The van der Waals surface area contributed by atoms with Gasteiger partial charge in [-0.15, -0.1) is 0 Å². The Labute approximate surface area is 125 Å². The zero-order chi connectivity index (χ0) is 16.0. The van der Waals surface area contributed by atoms with Crippen molar-refractivity contribution in [1.82, 2.24) is 9.47 Å². The van der Waals surface area contributed by atoms with E-state index in [9.17, 15) is 13.2 Å². The highest BCUT2D eigenvalue weighted by Crippen LogP contribution is 2.16. The van der Waals surface area contributed by atoms with E-state index in [-0.39, 0.29) is 10.8 Å². The van der Waals surface area contributed by atoms with Gasteiger partial charge in [0.05, 0.1) is 6.61 Å². The number of methoxy groups -OCH3 is 1. The third kappa shape index (κ3) is 4.55. The molecule has 1 heterocycles. The molecule has 2 N–H and O–H groups in total.